The van der Waals surface area contributed by atoms with E-state index in [9.17, 15) is 4.79 Å². The van der Waals surface area contributed by atoms with Crippen LogP contribution in [-0.4, -0.2) is 9.78 Å². The Labute approximate surface area is 59.7 Å². The first-order valence-electron chi connectivity index (χ1n) is 3.42. The van der Waals surface area contributed by atoms with Crippen molar-refractivity contribution in [1.29, 1.82) is 0 Å². The molecule has 0 aliphatic carbocycles. The van der Waals surface area contributed by atoms with Crippen molar-refractivity contribution in [2.45, 2.75) is 27.3 Å². The number of aryl methyl sites for hydroxylation is 2. The molecule has 56 valence electrons. The molecule has 0 amide bonds. The van der Waals surface area contributed by atoms with Gasteiger partial charge in [-0.15, -0.1) is 0 Å². The molecule has 0 fully saturated rings. The molecule has 1 N–H and O–H groups in total. The fourth-order valence-electron chi connectivity index (χ4n) is 0.923. The number of aromatic amines is 1. The van der Waals surface area contributed by atoms with Crippen molar-refractivity contribution in [2.24, 2.45) is 0 Å². The summed E-state index contributed by atoms with van der Waals surface area (Å²) in [7, 11) is 0. The van der Waals surface area contributed by atoms with Gasteiger partial charge in [-0.25, -0.2) is 0 Å². The van der Waals surface area contributed by atoms with E-state index in [1.165, 1.54) is 0 Å². The standard InChI is InChI=1S/C7H12N2O/c1-4-9-7(10)5(2)6(3)8-9/h8H,4H2,1-3H3. The van der Waals surface area contributed by atoms with Crippen LogP contribution in [0.1, 0.15) is 18.2 Å². The van der Waals surface area contributed by atoms with Crippen LogP contribution >= 0.6 is 0 Å². The van der Waals surface area contributed by atoms with Crippen LogP contribution in [0.25, 0.3) is 0 Å². The highest BCUT2D eigenvalue weighted by atomic mass is 16.1. The van der Waals surface area contributed by atoms with Crippen LogP contribution in [0.4, 0.5) is 0 Å². The lowest BCUT2D eigenvalue weighted by Gasteiger charge is -1.91. The molecule has 0 saturated carbocycles. The first-order valence-corrected chi connectivity index (χ1v) is 3.42. The predicted molar refractivity (Wildman–Crippen MR) is 40.2 cm³/mol. The average Bonchev–Trinajstić information content (AvgIpc) is 2.17. The third-order valence-electron chi connectivity index (χ3n) is 1.75. The number of hydrogen-bond donors (Lipinski definition) is 1. The van der Waals surface area contributed by atoms with Gasteiger partial charge in [0.05, 0.1) is 0 Å². The molecule has 0 aliphatic rings. The number of H-pyrrole nitrogens is 1. The number of nitrogens with one attached hydrogen (secondary N) is 1. The van der Waals surface area contributed by atoms with Crippen LogP contribution < -0.4 is 5.56 Å². The van der Waals surface area contributed by atoms with Crippen LogP contribution in [0, 0.1) is 13.8 Å². The van der Waals surface area contributed by atoms with Gasteiger partial charge in [-0.05, 0) is 20.8 Å². The summed E-state index contributed by atoms with van der Waals surface area (Å²) < 4.78 is 1.60. The largest absolute Gasteiger partial charge is 0.300 e. The van der Waals surface area contributed by atoms with Crippen molar-refractivity contribution >= 4 is 0 Å². The van der Waals surface area contributed by atoms with Crippen LogP contribution in [-0.2, 0) is 6.54 Å². The Bertz CT molecular complexity index is 282. The fraction of sp³-hybridized carbons (Fsp3) is 0.571. The summed E-state index contributed by atoms with van der Waals surface area (Å²) in [6, 6.07) is 0. The zero-order valence-electron chi connectivity index (χ0n) is 6.56. The van der Waals surface area contributed by atoms with Gasteiger partial charge in [-0.1, -0.05) is 0 Å². The molecule has 1 aromatic rings. The van der Waals surface area contributed by atoms with Crippen LogP contribution in [0.3, 0.4) is 0 Å². The second-order valence-corrected chi connectivity index (χ2v) is 2.41. The molecule has 3 heteroatoms. The first-order chi connectivity index (χ1) is 4.66. The van der Waals surface area contributed by atoms with Gasteiger partial charge in [-0.2, -0.15) is 0 Å². The highest BCUT2D eigenvalue weighted by Crippen LogP contribution is 1.94. The second-order valence-electron chi connectivity index (χ2n) is 2.41. The smallest absolute Gasteiger partial charge is 0.269 e. The highest BCUT2D eigenvalue weighted by Gasteiger charge is 2.02. The highest BCUT2D eigenvalue weighted by molar-refractivity contribution is 5.12. The molecule has 10 heavy (non-hydrogen) atoms. The minimum absolute atomic E-state index is 0.0972. The Morgan fingerprint density at radius 3 is 2.30 bits per heavy atom. The average molecular weight is 140 g/mol. The van der Waals surface area contributed by atoms with Gasteiger partial charge in [0.1, 0.15) is 0 Å². The van der Waals surface area contributed by atoms with E-state index in [-0.39, 0.29) is 5.56 Å². The van der Waals surface area contributed by atoms with Crippen molar-refractivity contribution in [3.05, 3.63) is 21.6 Å². The van der Waals surface area contributed by atoms with E-state index in [4.69, 9.17) is 0 Å². The zero-order chi connectivity index (χ0) is 7.72. The minimum Gasteiger partial charge on any atom is -0.300 e. The quantitative estimate of drug-likeness (QED) is 0.616. The van der Waals surface area contributed by atoms with Crippen molar-refractivity contribution in [1.82, 2.24) is 9.78 Å². The molecule has 0 aliphatic heterocycles. The fourth-order valence-corrected chi connectivity index (χ4v) is 0.923. The minimum atomic E-state index is 0.0972. The van der Waals surface area contributed by atoms with Crippen LogP contribution in [0.5, 0.6) is 0 Å². The summed E-state index contributed by atoms with van der Waals surface area (Å²) in [6.07, 6.45) is 0. The van der Waals surface area contributed by atoms with Crippen LogP contribution in [0.15, 0.2) is 4.79 Å². The molecule has 1 heterocycles. The molecule has 1 rings (SSSR count). The number of rotatable bonds is 1. The molecule has 0 aromatic carbocycles. The van der Waals surface area contributed by atoms with E-state index in [1.807, 2.05) is 20.8 Å². The lowest BCUT2D eigenvalue weighted by molar-refractivity contribution is 0.632. The number of hydrogen-bond acceptors (Lipinski definition) is 1. The van der Waals surface area contributed by atoms with Gasteiger partial charge < -0.3 is 0 Å². The Morgan fingerprint density at radius 1 is 1.50 bits per heavy atom. The molecule has 0 atom stereocenters. The Morgan fingerprint density at radius 2 is 2.10 bits per heavy atom. The lowest BCUT2D eigenvalue weighted by atomic mass is 10.3. The van der Waals surface area contributed by atoms with Gasteiger partial charge >= 0.3 is 0 Å². The monoisotopic (exact) mass is 140 g/mol. The van der Waals surface area contributed by atoms with E-state index in [0.29, 0.717) is 6.54 Å². The number of nitrogens with zero attached hydrogens (tertiary/aromatic N) is 1. The normalized spacial score (nSPS) is 10.3. The second kappa shape index (κ2) is 2.33. The summed E-state index contributed by atoms with van der Waals surface area (Å²) in [6.45, 7) is 6.40. The maximum absolute atomic E-state index is 11.2. The van der Waals surface area contributed by atoms with E-state index < -0.39 is 0 Å². The molecular formula is C7H12N2O. The summed E-state index contributed by atoms with van der Waals surface area (Å²) in [5.74, 6) is 0. The molecule has 0 unspecified atom stereocenters. The van der Waals surface area contributed by atoms with E-state index >= 15 is 0 Å². The Kier molecular flexibility index (Phi) is 1.66. The molecule has 0 bridgehead atoms. The Hall–Kier alpha value is -0.990. The molecule has 0 radical (unpaired) electrons. The van der Waals surface area contributed by atoms with Crippen molar-refractivity contribution in [3.8, 4) is 0 Å². The number of aromatic nitrogens is 2. The van der Waals surface area contributed by atoms with Gasteiger partial charge in [0.25, 0.3) is 5.56 Å². The molecular weight excluding hydrogens is 128 g/mol. The third kappa shape index (κ3) is 0.875. The van der Waals surface area contributed by atoms with E-state index in [2.05, 4.69) is 5.10 Å². The van der Waals surface area contributed by atoms with E-state index in [1.54, 1.807) is 4.68 Å². The summed E-state index contributed by atoms with van der Waals surface area (Å²) in [5.41, 5.74) is 1.88. The maximum atomic E-state index is 11.2. The van der Waals surface area contributed by atoms with Crippen molar-refractivity contribution in [3.63, 3.8) is 0 Å². The van der Waals surface area contributed by atoms with Crippen LogP contribution in [0.2, 0.25) is 0 Å². The SMILES string of the molecule is CCn1[nH]c(C)c(C)c1=O. The van der Waals surface area contributed by atoms with Gasteiger partial charge in [0.2, 0.25) is 0 Å². The summed E-state index contributed by atoms with van der Waals surface area (Å²) >= 11 is 0. The summed E-state index contributed by atoms with van der Waals surface area (Å²) in [5, 5.41) is 2.97. The predicted octanol–water partition coefficient (Wildman–Crippen LogP) is 0.813. The van der Waals surface area contributed by atoms with Gasteiger partial charge in [-0.3, -0.25) is 14.6 Å². The lowest BCUT2D eigenvalue weighted by Crippen LogP contribution is -2.16. The molecule has 3 nitrogen and oxygen atoms in total. The molecule has 0 spiro atoms. The van der Waals surface area contributed by atoms with Crippen molar-refractivity contribution < 1.29 is 0 Å². The topological polar surface area (TPSA) is 37.8 Å². The maximum Gasteiger partial charge on any atom is 0.269 e. The summed E-state index contributed by atoms with van der Waals surface area (Å²) in [4.78, 5) is 11.2. The van der Waals surface area contributed by atoms with Gasteiger partial charge in [0.15, 0.2) is 0 Å². The third-order valence-corrected chi connectivity index (χ3v) is 1.75. The Balaban J connectivity index is 3.31. The molecule has 0 saturated heterocycles. The van der Waals surface area contributed by atoms with Gasteiger partial charge in [0, 0.05) is 17.8 Å². The first kappa shape index (κ1) is 7.12. The van der Waals surface area contributed by atoms with E-state index in [0.717, 1.165) is 11.3 Å². The zero-order valence-corrected chi connectivity index (χ0v) is 6.56. The molecule has 1 aromatic heterocycles. The van der Waals surface area contributed by atoms with Crippen molar-refractivity contribution in [2.75, 3.05) is 0 Å².